The molecule has 0 aliphatic carbocycles. The van der Waals surface area contributed by atoms with E-state index in [-0.39, 0.29) is 39.9 Å². The largest absolute Gasteiger partial charge is 0.350 e. The van der Waals surface area contributed by atoms with Gasteiger partial charge in [-0.3, -0.25) is 13.8 Å². The van der Waals surface area contributed by atoms with E-state index < -0.39 is 23.9 Å². The van der Waals surface area contributed by atoms with Crippen LogP contribution in [-0.2, 0) is 30.1 Å². The van der Waals surface area contributed by atoms with Crippen molar-refractivity contribution in [1.29, 1.82) is 0 Å². The third-order valence-electron chi connectivity index (χ3n) is 5.08. The van der Waals surface area contributed by atoms with Crippen LogP contribution in [0.5, 0.6) is 0 Å². The van der Waals surface area contributed by atoms with Gasteiger partial charge in [0.25, 0.3) is 10.0 Å². The summed E-state index contributed by atoms with van der Waals surface area (Å²) in [4.78, 5) is 13.5. The third-order valence-corrected chi connectivity index (χ3v) is 9.39. The second-order valence-corrected chi connectivity index (χ2v) is 12.1. The average molecular weight is 550 g/mol. The third kappa shape index (κ3) is 5.70. The Labute approximate surface area is 209 Å². The highest BCUT2D eigenvalue weighted by molar-refractivity contribution is 7.93. The van der Waals surface area contributed by atoms with Crippen LogP contribution in [-0.4, -0.2) is 47.5 Å². The van der Waals surface area contributed by atoms with Crippen molar-refractivity contribution >= 4 is 58.2 Å². The number of urea groups is 1. The van der Waals surface area contributed by atoms with Crippen LogP contribution in [0.4, 0.5) is 16.2 Å². The summed E-state index contributed by atoms with van der Waals surface area (Å²) in [6.45, 7) is 3.87. The zero-order valence-corrected chi connectivity index (χ0v) is 22.2. The van der Waals surface area contributed by atoms with Gasteiger partial charge in [-0.2, -0.15) is 0 Å². The average Bonchev–Trinajstić information content (AvgIpc) is 3.20. The highest BCUT2D eigenvalue weighted by Crippen LogP contribution is 2.50. The van der Waals surface area contributed by atoms with Gasteiger partial charge in [-0.05, 0) is 62.2 Å². The fraction of sp³-hybridized carbons (Fsp3) is 0.381. The molecule has 186 valence electrons. The van der Waals surface area contributed by atoms with Crippen LogP contribution < -0.4 is 14.5 Å². The summed E-state index contributed by atoms with van der Waals surface area (Å²) in [5.41, 5.74) is 1.69. The van der Waals surface area contributed by atoms with Crippen molar-refractivity contribution in [3.8, 4) is 0 Å². The predicted molar refractivity (Wildman–Crippen MR) is 134 cm³/mol. The summed E-state index contributed by atoms with van der Waals surface area (Å²) in [5.74, 6) is 0. The van der Waals surface area contributed by atoms with Gasteiger partial charge in [-0.15, -0.1) is 0 Å². The molecule has 1 heterocycles. The van der Waals surface area contributed by atoms with E-state index in [1.807, 2.05) is 0 Å². The molecule has 1 aliphatic heterocycles. The van der Waals surface area contributed by atoms with Gasteiger partial charge < -0.3 is 14.4 Å². The zero-order valence-electron chi connectivity index (χ0n) is 19.0. The van der Waals surface area contributed by atoms with E-state index in [4.69, 9.17) is 32.2 Å². The Balaban J connectivity index is 2.13. The molecule has 0 bridgehead atoms. The molecule has 0 fully saturated rings. The lowest BCUT2D eigenvalue weighted by Crippen LogP contribution is -2.36. The number of carbonyl (C=O) groups is 1. The molecule has 3 rings (SSSR count). The molecular weight excluding hydrogens is 524 g/mol. The van der Waals surface area contributed by atoms with Crippen molar-refractivity contribution in [1.82, 2.24) is 5.32 Å². The van der Waals surface area contributed by atoms with Crippen LogP contribution >= 0.6 is 30.8 Å². The van der Waals surface area contributed by atoms with Crippen molar-refractivity contribution in [2.45, 2.75) is 25.2 Å². The molecule has 1 aliphatic rings. The monoisotopic (exact) mass is 549 g/mol. The number of anilines is 2. The number of nitrogens with one attached hydrogen (secondary N) is 1. The molecule has 34 heavy (non-hydrogen) atoms. The lowest BCUT2D eigenvalue weighted by molar-refractivity contribution is 0.221. The first-order chi connectivity index (χ1) is 16.0. The highest BCUT2D eigenvalue weighted by atomic mass is 35.5. The summed E-state index contributed by atoms with van der Waals surface area (Å²) >= 11 is 12.1. The Hall–Kier alpha value is -1.81. The van der Waals surface area contributed by atoms with Gasteiger partial charge in [0, 0.05) is 29.3 Å². The first-order valence-corrected chi connectivity index (χ1v) is 14.5. The fourth-order valence-corrected chi connectivity index (χ4v) is 8.05. The Kier molecular flexibility index (Phi) is 8.55. The molecule has 0 atom stereocenters. The van der Waals surface area contributed by atoms with Crippen LogP contribution in [0, 0.1) is 0 Å². The molecule has 0 unspecified atom stereocenters. The quantitative estimate of drug-likeness (QED) is 0.435. The number of carbonyl (C=O) groups excluding carboxylic acids is 1. The number of halogens is 2. The number of hydrogen-bond donors (Lipinski definition) is 1. The number of sulfonamides is 1. The fourth-order valence-electron chi connectivity index (χ4n) is 3.66. The lowest BCUT2D eigenvalue weighted by Gasteiger charge is -2.29. The molecule has 0 spiro atoms. The normalized spacial score (nSPS) is 13.6. The van der Waals surface area contributed by atoms with E-state index in [2.05, 4.69) is 5.32 Å². The van der Waals surface area contributed by atoms with E-state index >= 15 is 0 Å². The Morgan fingerprint density at radius 1 is 1.12 bits per heavy atom. The highest BCUT2D eigenvalue weighted by Gasteiger charge is 2.36. The lowest BCUT2D eigenvalue weighted by atomic mass is 10.1. The van der Waals surface area contributed by atoms with Crippen LogP contribution in [0.1, 0.15) is 19.4 Å². The summed E-state index contributed by atoms with van der Waals surface area (Å²) in [7, 11) is -6.57. The number of fused-ring (bicyclic) bond motifs is 1. The maximum absolute atomic E-state index is 13.7. The molecule has 9 nitrogen and oxygen atoms in total. The molecule has 2 amide bonds. The Morgan fingerprint density at radius 2 is 1.74 bits per heavy atom. The number of hydrogen-bond acceptors (Lipinski definition) is 6. The minimum atomic E-state index is -4.28. The van der Waals surface area contributed by atoms with Crippen LogP contribution in [0.3, 0.4) is 0 Å². The SMILES string of the molecule is CCOP(=O)(CN(c1ccc2c(c1)CCN2C(=O)NC)S(=O)(=O)c1cc(Cl)cc(Cl)c1)OCC. The zero-order chi connectivity index (χ0) is 25.1. The van der Waals surface area contributed by atoms with Crippen LogP contribution in [0.15, 0.2) is 41.3 Å². The maximum Gasteiger partial charge on any atom is 0.350 e. The van der Waals surface area contributed by atoms with Gasteiger partial charge in [0.05, 0.1) is 23.8 Å². The summed E-state index contributed by atoms with van der Waals surface area (Å²) in [5, 5.41) is 2.86. The van der Waals surface area contributed by atoms with Gasteiger partial charge in [0.2, 0.25) is 0 Å². The van der Waals surface area contributed by atoms with Gasteiger partial charge in [-0.25, -0.2) is 13.2 Å². The topological polar surface area (TPSA) is 105 Å². The van der Waals surface area contributed by atoms with E-state index in [1.165, 1.54) is 25.2 Å². The van der Waals surface area contributed by atoms with E-state index in [0.717, 1.165) is 9.87 Å². The molecule has 2 aromatic carbocycles. The van der Waals surface area contributed by atoms with Crippen LogP contribution in [0.2, 0.25) is 10.0 Å². The maximum atomic E-state index is 13.7. The van der Waals surface area contributed by atoms with Crippen molar-refractivity contribution in [2.24, 2.45) is 0 Å². The molecule has 0 radical (unpaired) electrons. The number of amides is 2. The number of benzene rings is 2. The minimum absolute atomic E-state index is 0.0689. The Morgan fingerprint density at radius 3 is 2.29 bits per heavy atom. The van der Waals surface area contributed by atoms with Crippen molar-refractivity contribution in [3.63, 3.8) is 0 Å². The number of rotatable bonds is 9. The second kappa shape index (κ2) is 10.8. The second-order valence-electron chi connectivity index (χ2n) is 7.32. The van der Waals surface area contributed by atoms with Gasteiger partial charge in [-0.1, -0.05) is 23.2 Å². The number of nitrogens with zero attached hydrogens (tertiary/aromatic N) is 2. The molecule has 0 saturated carbocycles. The van der Waals surface area contributed by atoms with E-state index in [9.17, 15) is 17.8 Å². The van der Waals surface area contributed by atoms with Gasteiger partial charge >= 0.3 is 13.6 Å². The van der Waals surface area contributed by atoms with Crippen LogP contribution in [0.25, 0.3) is 0 Å². The van der Waals surface area contributed by atoms with Crippen molar-refractivity contribution in [2.75, 3.05) is 42.3 Å². The first kappa shape index (κ1) is 26.8. The smallest absolute Gasteiger partial charge is 0.341 e. The van der Waals surface area contributed by atoms with Crippen molar-refractivity contribution < 1.29 is 26.8 Å². The van der Waals surface area contributed by atoms with Gasteiger partial charge in [0.1, 0.15) is 6.29 Å². The molecule has 0 aromatic heterocycles. The molecule has 2 aromatic rings. The van der Waals surface area contributed by atoms with Gasteiger partial charge in [0.15, 0.2) is 0 Å². The standard InChI is InChI=1S/C21H26Cl2N3O6PS/c1-4-31-33(28,32-5-2)14-26(34(29,30)19-12-16(22)11-17(23)13-19)18-6-7-20-15(10-18)8-9-25(20)21(27)24-3/h6-7,10-13H,4-5,8-9,14H2,1-3H3,(H,24,27). The van der Waals surface area contributed by atoms with E-state index in [1.54, 1.807) is 36.9 Å². The minimum Gasteiger partial charge on any atom is -0.341 e. The molecule has 1 N–H and O–H groups in total. The first-order valence-electron chi connectivity index (χ1n) is 10.5. The molecule has 13 heteroatoms. The molecule has 0 saturated heterocycles. The predicted octanol–water partition coefficient (Wildman–Crippen LogP) is 5.11. The summed E-state index contributed by atoms with van der Waals surface area (Å²) in [6.07, 6.45) is -0.0266. The molecular formula is C21H26Cl2N3O6PS. The van der Waals surface area contributed by atoms with Crippen molar-refractivity contribution in [3.05, 3.63) is 52.0 Å². The summed E-state index contributed by atoms with van der Waals surface area (Å²) < 4.78 is 52.6. The Bertz CT molecular complexity index is 1200. The summed E-state index contributed by atoms with van der Waals surface area (Å²) in [6, 6.07) is 8.55. The van der Waals surface area contributed by atoms with E-state index in [0.29, 0.717) is 18.7 Å².